The van der Waals surface area contributed by atoms with Gasteiger partial charge in [0.25, 0.3) is 0 Å². The number of amides is 1. The van der Waals surface area contributed by atoms with Crippen LogP contribution in [-0.4, -0.2) is 48.0 Å². The highest BCUT2D eigenvalue weighted by Gasteiger charge is 2.23. The standard InChI is InChI=1S/C22H30N4O2/c1-16-24-19(15-21(23-2)25-16)14-18-10-12-26(13-11-18)22(27)9-6-17-4-7-20(28-3)8-5-17/h4-5,7-8,15,18H,6,9-14H2,1-3H3,(H,23,24,25). The largest absolute Gasteiger partial charge is 0.497 e. The molecule has 28 heavy (non-hydrogen) atoms. The van der Waals surface area contributed by atoms with Crippen molar-refractivity contribution in [1.29, 1.82) is 0 Å². The van der Waals surface area contributed by atoms with Crippen LogP contribution in [0.1, 0.15) is 36.3 Å². The van der Waals surface area contributed by atoms with E-state index in [0.717, 1.165) is 61.9 Å². The summed E-state index contributed by atoms with van der Waals surface area (Å²) in [4.78, 5) is 23.5. The summed E-state index contributed by atoms with van der Waals surface area (Å²) in [6.45, 7) is 3.61. The number of nitrogens with one attached hydrogen (secondary N) is 1. The number of rotatable bonds is 7. The Labute approximate surface area is 167 Å². The Morgan fingerprint density at radius 1 is 1.21 bits per heavy atom. The van der Waals surface area contributed by atoms with Crippen molar-refractivity contribution in [3.8, 4) is 5.75 Å². The normalized spacial score (nSPS) is 14.8. The Morgan fingerprint density at radius 2 is 1.93 bits per heavy atom. The van der Waals surface area contributed by atoms with E-state index in [0.29, 0.717) is 12.3 Å². The summed E-state index contributed by atoms with van der Waals surface area (Å²) in [5.41, 5.74) is 2.25. The molecule has 6 nitrogen and oxygen atoms in total. The number of anilines is 1. The van der Waals surface area contributed by atoms with Crippen molar-refractivity contribution in [2.24, 2.45) is 5.92 Å². The van der Waals surface area contributed by atoms with E-state index in [1.54, 1.807) is 7.11 Å². The molecule has 0 radical (unpaired) electrons. The molecule has 1 aromatic carbocycles. The number of nitrogens with zero attached hydrogens (tertiary/aromatic N) is 3. The molecule has 1 saturated heterocycles. The van der Waals surface area contributed by atoms with Crippen LogP contribution in [0.3, 0.4) is 0 Å². The molecule has 1 amide bonds. The molecule has 3 rings (SSSR count). The lowest BCUT2D eigenvalue weighted by Crippen LogP contribution is -2.39. The third-order valence-corrected chi connectivity index (χ3v) is 5.40. The minimum atomic E-state index is 0.254. The molecule has 2 aromatic rings. The van der Waals surface area contributed by atoms with Gasteiger partial charge in [0, 0.05) is 38.3 Å². The lowest BCUT2D eigenvalue weighted by Gasteiger charge is -2.32. The predicted octanol–water partition coefficient (Wildman–Crippen LogP) is 3.25. The van der Waals surface area contributed by atoms with Gasteiger partial charge in [-0.25, -0.2) is 9.97 Å². The molecule has 1 N–H and O–H groups in total. The Bertz CT molecular complexity index is 784. The van der Waals surface area contributed by atoms with Crippen LogP contribution in [0.4, 0.5) is 5.82 Å². The minimum absolute atomic E-state index is 0.254. The van der Waals surface area contributed by atoms with Gasteiger partial charge in [-0.3, -0.25) is 4.79 Å². The summed E-state index contributed by atoms with van der Waals surface area (Å²) in [5.74, 6) is 3.34. The van der Waals surface area contributed by atoms with Gasteiger partial charge in [0.15, 0.2) is 0 Å². The van der Waals surface area contributed by atoms with Crippen LogP contribution in [0.25, 0.3) is 0 Å². The van der Waals surface area contributed by atoms with Gasteiger partial charge in [-0.2, -0.15) is 0 Å². The van der Waals surface area contributed by atoms with Crippen LogP contribution in [0.5, 0.6) is 5.75 Å². The van der Waals surface area contributed by atoms with Gasteiger partial charge in [0.2, 0.25) is 5.91 Å². The predicted molar refractivity (Wildman–Crippen MR) is 111 cm³/mol. The van der Waals surface area contributed by atoms with E-state index in [1.165, 1.54) is 5.56 Å². The maximum Gasteiger partial charge on any atom is 0.222 e. The second-order valence-corrected chi connectivity index (χ2v) is 7.42. The average Bonchev–Trinajstić information content (AvgIpc) is 2.72. The smallest absolute Gasteiger partial charge is 0.222 e. The van der Waals surface area contributed by atoms with Crippen LogP contribution < -0.4 is 10.1 Å². The average molecular weight is 383 g/mol. The number of carbonyl (C=O) groups is 1. The van der Waals surface area contributed by atoms with Crippen molar-refractivity contribution in [3.05, 3.63) is 47.4 Å². The van der Waals surface area contributed by atoms with Gasteiger partial charge < -0.3 is 15.0 Å². The summed E-state index contributed by atoms with van der Waals surface area (Å²) in [6, 6.07) is 9.97. The fourth-order valence-electron chi connectivity index (χ4n) is 3.75. The number of carbonyl (C=O) groups excluding carboxylic acids is 1. The molecular weight excluding hydrogens is 352 g/mol. The SMILES string of the molecule is CNc1cc(CC2CCN(C(=O)CCc3ccc(OC)cc3)CC2)nc(C)n1. The van der Waals surface area contributed by atoms with Crippen LogP contribution in [0.15, 0.2) is 30.3 Å². The molecule has 2 heterocycles. The summed E-state index contributed by atoms with van der Waals surface area (Å²) >= 11 is 0. The molecule has 1 aliphatic rings. The molecule has 6 heteroatoms. The third-order valence-electron chi connectivity index (χ3n) is 5.40. The highest BCUT2D eigenvalue weighted by atomic mass is 16.5. The van der Waals surface area contributed by atoms with Gasteiger partial charge >= 0.3 is 0 Å². The molecule has 1 fully saturated rings. The maximum absolute atomic E-state index is 12.6. The fourth-order valence-corrected chi connectivity index (χ4v) is 3.75. The van der Waals surface area contributed by atoms with E-state index in [1.807, 2.05) is 49.2 Å². The van der Waals surface area contributed by atoms with Crippen LogP contribution in [0.2, 0.25) is 0 Å². The Kier molecular flexibility index (Phi) is 6.85. The molecule has 0 unspecified atom stereocenters. The van der Waals surface area contributed by atoms with E-state index in [4.69, 9.17) is 4.74 Å². The zero-order valence-electron chi connectivity index (χ0n) is 17.1. The minimum Gasteiger partial charge on any atom is -0.497 e. The monoisotopic (exact) mass is 382 g/mol. The number of aryl methyl sites for hydroxylation is 2. The number of aromatic nitrogens is 2. The van der Waals surface area contributed by atoms with Gasteiger partial charge in [0.1, 0.15) is 17.4 Å². The van der Waals surface area contributed by atoms with Crippen molar-refractivity contribution < 1.29 is 9.53 Å². The van der Waals surface area contributed by atoms with E-state index < -0.39 is 0 Å². The van der Waals surface area contributed by atoms with E-state index in [2.05, 4.69) is 15.3 Å². The maximum atomic E-state index is 12.6. The number of benzene rings is 1. The number of hydrogen-bond acceptors (Lipinski definition) is 5. The first kappa shape index (κ1) is 20.1. The number of hydrogen-bond donors (Lipinski definition) is 1. The molecular formula is C22H30N4O2. The highest BCUT2D eigenvalue weighted by molar-refractivity contribution is 5.76. The molecule has 1 aliphatic heterocycles. The summed E-state index contributed by atoms with van der Waals surface area (Å²) in [6.07, 6.45) is 4.35. The second kappa shape index (κ2) is 9.53. The topological polar surface area (TPSA) is 67.4 Å². The zero-order chi connectivity index (χ0) is 19.9. The first-order valence-corrected chi connectivity index (χ1v) is 10.0. The van der Waals surface area contributed by atoms with Crippen molar-refractivity contribution in [1.82, 2.24) is 14.9 Å². The third kappa shape index (κ3) is 5.44. The number of piperidine rings is 1. The number of likely N-dealkylation sites (tertiary alicyclic amines) is 1. The first-order valence-electron chi connectivity index (χ1n) is 10.0. The molecule has 0 spiro atoms. The zero-order valence-corrected chi connectivity index (χ0v) is 17.1. The lowest BCUT2D eigenvalue weighted by molar-refractivity contribution is -0.132. The van der Waals surface area contributed by atoms with Gasteiger partial charge in [-0.1, -0.05) is 12.1 Å². The summed E-state index contributed by atoms with van der Waals surface area (Å²) in [7, 11) is 3.54. The Morgan fingerprint density at radius 3 is 2.57 bits per heavy atom. The number of ether oxygens (including phenoxy) is 1. The van der Waals surface area contributed by atoms with Gasteiger partial charge in [-0.15, -0.1) is 0 Å². The van der Waals surface area contributed by atoms with Crippen LogP contribution in [0, 0.1) is 12.8 Å². The number of methoxy groups -OCH3 is 1. The first-order chi connectivity index (χ1) is 13.6. The van der Waals surface area contributed by atoms with Gasteiger partial charge in [-0.05, 0) is 56.2 Å². The fraction of sp³-hybridized carbons (Fsp3) is 0.500. The molecule has 0 aliphatic carbocycles. The van der Waals surface area contributed by atoms with E-state index in [9.17, 15) is 4.79 Å². The second-order valence-electron chi connectivity index (χ2n) is 7.42. The quantitative estimate of drug-likeness (QED) is 0.796. The van der Waals surface area contributed by atoms with Crippen molar-refractivity contribution in [2.45, 2.75) is 39.0 Å². The van der Waals surface area contributed by atoms with Crippen molar-refractivity contribution in [3.63, 3.8) is 0 Å². The van der Waals surface area contributed by atoms with Crippen molar-refractivity contribution >= 4 is 11.7 Å². The van der Waals surface area contributed by atoms with E-state index in [-0.39, 0.29) is 5.91 Å². The van der Waals surface area contributed by atoms with Gasteiger partial charge in [0.05, 0.1) is 7.11 Å². The van der Waals surface area contributed by atoms with Crippen LogP contribution in [-0.2, 0) is 17.6 Å². The Hall–Kier alpha value is -2.63. The molecule has 0 atom stereocenters. The van der Waals surface area contributed by atoms with E-state index >= 15 is 0 Å². The van der Waals surface area contributed by atoms with Crippen molar-refractivity contribution in [2.75, 3.05) is 32.6 Å². The molecule has 1 aromatic heterocycles. The molecule has 0 saturated carbocycles. The summed E-state index contributed by atoms with van der Waals surface area (Å²) in [5, 5.41) is 3.09. The Balaban J connectivity index is 1.45. The molecule has 150 valence electrons. The highest BCUT2D eigenvalue weighted by Crippen LogP contribution is 2.23. The molecule has 0 bridgehead atoms. The lowest BCUT2D eigenvalue weighted by atomic mass is 9.91. The summed E-state index contributed by atoms with van der Waals surface area (Å²) < 4.78 is 5.18. The van der Waals surface area contributed by atoms with Crippen LogP contribution >= 0.6 is 0 Å².